The summed E-state index contributed by atoms with van der Waals surface area (Å²) in [5.74, 6) is 0. The van der Waals surface area contributed by atoms with Crippen LogP contribution in [0.5, 0.6) is 0 Å². The molecule has 1 aromatic rings. The van der Waals surface area contributed by atoms with E-state index in [1.165, 1.54) is 11.2 Å². The quantitative estimate of drug-likeness (QED) is 0.815. The van der Waals surface area contributed by atoms with Crippen LogP contribution in [0.2, 0.25) is 0 Å². The molecule has 0 aliphatic carbocycles. The van der Waals surface area contributed by atoms with Crippen LogP contribution in [0.15, 0.2) is 18.2 Å². The Morgan fingerprint density at radius 3 is 2.89 bits per heavy atom. The summed E-state index contributed by atoms with van der Waals surface area (Å²) in [6.07, 6.45) is 1.56. The van der Waals surface area contributed by atoms with E-state index in [4.69, 9.17) is 11.0 Å². The second-order valence-electron chi connectivity index (χ2n) is 4.38. The normalized spacial score (nSPS) is 16.8. The smallest absolute Gasteiger partial charge is 0.251 e. The van der Waals surface area contributed by atoms with Gasteiger partial charge in [0.15, 0.2) is 5.25 Å². The van der Waals surface area contributed by atoms with Crippen LogP contribution in [0.4, 0.5) is 11.4 Å². The van der Waals surface area contributed by atoms with Crippen LogP contribution >= 0.6 is 0 Å². The van der Waals surface area contributed by atoms with E-state index in [1.807, 2.05) is 0 Å². The zero-order valence-electron chi connectivity index (χ0n) is 10.1. The lowest BCUT2D eigenvalue weighted by Crippen LogP contribution is -2.40. The van der Waals surface area contributed by atoms with Crippen molar-refractivity contribution in [1.29, 1.82) is 5.26 Å². The van der Waals surface area contributed by atoms with Gasteiger partial charge in [0.1, 0.15) is 0 Å². The summed E-state index contributed by atoms with van der Waals surface area (Å²) in [5, 5.41) is 7.78. The molecule has 2 N–H and O–H groups in total. The van der Waals surface area contributed by atoms with Crippen molar-refractivity contribution in [3.63, 3.8) is 0 Å². The molecule has 0 radical (unpaired) electrons. The van der Waals surface area contributed by atoms with Crippen molar-refractivity contribution in [2.45, 2.75) is 25.0 Å². The molecule has 1 unspecified atom stereocenters. The molecule has 0 amide bonds. The molecule has 0 spiro atoms. The summed E-state index contributed by atoms with van der Waals surface area (Å²) < 4.78 is 25.8. The number of nitriles is 1. The Labute approximate surface area is 107 Å². The fourth-order valence-electron chi connectivity index (χ4n) is 2.10. The first kappa shape index (κ1) is 12.7. The van der Waals surface area contributed by atoms with E-state index in [0.717, 1.165) is 18.4 Å². The van der Waals surface area contributed by atoms with E-state index in [-0.39, 0.29) is 0 Å². The van der Waals surface area contributed by atoms with Crippen molar-refractivity contribution in [3.8, 4) is 6.07 Å². The first-order valence-corrected chi connectivity index (χ1v) is 7.26. The van der Waals surface area contributed by atoms with Crippen molar-refractivity contribution in [3.05, 3.63) is 23.8 Å². The zero-order valence-corrected chi connectivity index (χ0v) is 10.9. The lowest BCUT2D eigenvalue weighted by molar-refractivity contribution is 0.582. The first-order valence-electron chi connectivity index (χ1n) is 5.76. The summed E-state index contributed by atoms with van der Waals surface area (Å²) in [5.41, 5.74) is 7.90. The number of aryl methyl sites for hydroxylation is 1. The number of nitrogens with zero attached hydrogens (tertiary/aromatic N) is 2. The van der Waals surface area contributed by atoms with E-state index < -0.39 is 15.3 Å². The van der Waals surface area contributed by atoms with Gasteiger partial charge < -0.3 is 5.73 Å². The SMILES string of the molecule is CC(C#N)S(=O)(=O)N1CCCc2cc(N)ccc21. The Kier molecular flexibility index (Phi) is 3.18. The Balaban J connectivity index is 2.49. The summed E-state index contributed by atoms with van der Waals surface area (Å²) in [4.78, 5) is 0. The van der Waals surface area contributed by atoms with Crippen LogP contribution in [0.25, 0.3) is 0 Å². The first-order chi connectivity index (χ1) is 8.46. The Hall–Kier alpha value is -1.74. The molecular weight excluding hydrogens is 250 g/mol. The molecule has 1 atom stereocenters. The van der Waals surface area contributed by atoms with Crippen molar-refractivity contribution in [2.75, 3.05) is 16.6 Å². The lowest BCUT2D eigenvalue weighted by Gasteiger charge is -2.31. The number of nitrogens with two attached hydrogens (primary N) is 1. The average Bonchev–Trinajstić information content (AvgIpc) is 2.36. The van der Waals surface area contributed by atoms with Gasteiger partial charge in [0.2, 0.25) is 0 Å². The molecule has 1 heterocycles. The van der Waals surface area contributed by atoms with Gasteiger partial charge in [-0.2, -0.15) is 5.26 Å². The van der Waals surface area contributed by atoms with Crippen LogP contribution in [0.1, 0.15) is 18.9 Å². The minimum absolute atomic E-state index is 0.422. The minimum Gasteiger partial charge on any atom is -0.399 e. The molecule has 0 bridgehead atoms. The average molecular weight is 265 g/mol. The lowest BCUT2D eigenvalue weighted by atomic mass is 10.0. The molecule has 0 fully saturated rings. The minimum atomic E-state index is -3.61. The van der Waals surface area contributed by atoms with E-state index in [1.54, 1.807) is 24.3 Å². The zero-order chi connectivity index (χ0) is 13.3. The number of fused-ring (bicyclic) bond motifs is 1. The molecule has 1 aliphatic heterocycles. The highest BCUT2D eigenvalue weighted by Crippen LogP contribution is 2.31. The van der Waals surface area contributed by atoms with Crippen LogP contribution < -0.4 is 10.0 Å². The number of sulfonamides is 1. The number of nitrogen functional groups attached to an aromatic ring is 1. The van der Waals surface area contributed by atoms with Crippen molar-refractivity contribution in [1.82, 2.24) is 0 Å². The number of anilines is 2. The molecule has 2 rings (SSSR count). The number of hydrogen-bond donors (Lipinski definition) is 1. The number of hydrogen-bond acceptors (Lipinski definition) is 4. The summed E-state index contributed by atoms with van der Waals surface area (Å²) >= 11 is 0. The van der Waals surface area contributed by atoms with Crippen LogP contribution in [0.3, 0.4) is 0 Å². The third-order valence-corrected chi connectivity index (χ3v) is 5.11. The van der Waals surface area contributed by atoms with E-state index in [0.29, 0.717) is 17.9 Å². The van der Waals surface area contributed by atoms with Gasteiger partial charge in [-0.05, 0) is 43.5 Å². The third kappa shape index (κ3) is 2.02. The van der Waals surface area contributed by atoms with Gasteiger partial charge in [-0.3, -0.25) is 4.31 Å². The molecule has 1 aliphatic rings. The van der Waals surface area contributed by atoms with E-state index >= 15 is 0 Å². The highest BCUT2D eigenvalue weighted by Gasteiger charge is 2.32. The van der Waals surface area contributed by atoms with Gasteiger partial charge in [0.25, 0.3) is 10.0 Å². The Morgan fingerprint density at radius 1 is 1.50 bits per heavy atom. The predicted octanol–water partition coefficient (Wildman–Crippen LogP) is 1.26. The summed E-state index contributed by atoms with van der Waals surface area (Å²) in [7, 11) is -3.61. The highest BCUT2D eigenvalue weighted by atomic mass is 32.2. The molecule has 18 heavy (non-hydrogen) atoms. The van der Waals surface area contributed by atoms with Crippen molar-refractivity contribution >= 4 is 21.4 Å². The predicted molar refractivity (Wildman–Crippen MR) is 70.5 cm³/mol. The van der Waals surface area contributed by atoms with Gasteiger partial charge in [-0.1, -0.05) is 0 Å². The van der Waals surface area contributed by atoms with Gasteiger partial charge >= 0.3 is 0 Å². The fourth-order valence-corrected chi connectivity index (χ4v) is 3.46. The number of benzene rings is 1. The molecular formula is C12H15N3O2S. The summed E-state index contributed by atoms with van der Waals surface area (Å²) in [6, 6.07) is 6.99. The molecule has 0 saturated carbocycles. The monoisotopic (exact) mass is 265 g/mol. The second-order valence-corrected chi connectivity index (χ2v) is 6.56. The van der Waals surface area contributed by atoms with Gasteiger partial charge in [0.05, 0.1) is 11.8 Å². The van der Waals surface area contributed by atoms with Gasteiger partial charge in [0, 0.05) is 12.2 Å². The molecule has 0 saturated heterocycles. The van der Waals surface area contributed by atoms with E-state index in [2.05, 4.69) is 0 Å². The molecule has 5 nitrogen and oxygen atoms in total. The molecule has 96 valence electrons. The van der Waals surface area contributed by atoms with Gasteiger partial charge in [-0.25, -0.2) is 8.42 Å². The second kappa shape index (κ2) is 4.50. The van der Waals surface area contributed by atoms with Crippen LogP contribution in [-0.2, 0) is 16.4 Å². The van der Waals surface area contributed by atoms with Crippen molar-refractivity contribution < 1.29 is 8.42 Å². The molecule has 6 heteroatoms. The summed E-state index contributed by atoms with van der Waals surface area (Å²) in [6.45, 7) is 1.83. The van der Waals surface area contributed by atoms with Gasteiger partial charge in [-0.15, -0.1) is 0 Å². The third-order valence-electron chi connectivity index (χ3n) is 3.12. The van der Waals surface area contributed by atoms with Crippen LogP contribution in [0, 0.1) is 11.3 Å². The maximum absolute atomic E-state index is 12.2. The largest absolute Gasteiger partial charge is 0.399 e. The topological polar surface area (TPSA) is 87.2 Å². The Bertz CT molecular complexity index is 604. The molecule has 1 aromatic carbocycles. The maximum Gasteiger partial charge on any atom is 0.251 e. The fraction of sp³-hybridized carbons (Fsp3) is 0.417. The standard InChI is InChI=1S/C12H15N3O2S/c1-9(8-13)18(16,17)15-6-2-3-10-7-11(14)4-5-12(10)15/h4-5,7,9H,2-3,6,14H2,1H3. The van der Waals surface area contributed by atoms with Crippen LogP contribution in [-0.4, -0.2) is 20.2 Å². The van der Waals surface area contributed by atoms with Crippen molar-refractivity contribution in [2.24, 2.45) is 0 Å². The molecule has 0 aromatic heterocycles. The van der Waals surface area contributed by atoms with E-state index in [9.17, 15) is 8.42 Å². The number of rotatable bonds is 2. The Morgan fingerprint density at radius 2 is 2.22 bits per heavy atom. The maximum atomic E-state index is 12.2. The highest BCUT2D eigenvalue weighted by molar-refractivity contribution is 7.93.